The van der Waals surface area contributed by atoms with Gasteiger partial charge in [-0.25, -0.2) is 0 Å². The van der Waals surface area contributed by atoms with Gasteiger partial charge in [-0.3, -0.25) is 9.59 Å². The van der Waals surface area contributed by atoms with Gasteiger partial charge in [0.15, 0.2) is 12.4 Å². The maximum atomic E-state index is 12.9. The first-order valence-corrected chi connectivity index (χ1v) is 30.3. The minimum absolute atomic E-state index is 0.125. The van der Waals surface area contributed by atoms with Crippen molar-refractivity contribution in [1.82, 2.24) is 0 Å². The molecule has 0 N–H and O–H groups in total. The Morgan fingerprint density at radius 2 is 0.696 bits per heavy atom. The maximum absolute atomic E-state index is 12.9. The normalized spacial score (nSPS) is 14.0. The van der Waals surface area contributed by atoms with E-state index < -0.39 is 24.3 Å². The third-order valence-electron chi connectivity index (χ3n) is 12.0. The molecule has 0 radical (unpaired) electrons. The summed E-state index contributed by atoms with van der Waals surface area (Å²) < 4.78 is 22.6. The number of nitrogens with zero attached hydrogens (tertiary/aromatic N) is 1. The molecule has 0 saturated carbocycles. The Balaban J connectivity index is 4.40. The van der Waals surface area contributed by atoms with Gasteiger partial charge in [-0.15, -0.1) is 0 Å². The van der Waals surface area contributed by atoms with Gasteiger partial charge in [0.1, 0.15) is 13.2 Å². The monoisotopic (exact) mass is 1090 g/mol. The molecule has 0 amide bonds. The van der Waals surface area contributed by atoms with Crippen molar-refractivity contribution in [2.24, 2.45) is 0 Å². The summed E-state index contributed by atoms with van der Waals surface area (Å²) in [7, 11) is 5.89. The fourth-order valence-corrected chi connectivity index (χ4v) is 7.39. The van der Waals surface area contributed by atoms with E-state index in [0.29, 0.717) is 30.3 Å². The first-order valence-electron chi connectivity index (χ1n) is 30.3. The molecule has 2 unspecified atom stereocenters. The Labute approximate surface area is 482 Å². The van der Waals surface area contributed by atoms with E-state index in [-0.39, 0.29) is 38.6 Å². The first-order chi connectivity index (χ1) is 38.6. The summed E-state index contributed by atoms with van der Waals surface area (Å²) in [5.74, 6) is -2.40. The highest BCUT2D eigenvalue weighted by molar-refractivity contribution is 5.70. The van der Waals surface area contributed by atoms with E-state index in [2.05, 4.69) is 178 Å². The zero-order chi connectivity index (χ0) is 57.6. The number of quaternary nitrogens is 1. The van der Waals surface area contributed by atoms with Crippen LogP contribution in [0.3, 0.4) is 0 Å². The van der Waals surface area contributed by atoms with Gasteiger partial charge >= 0.3 is 11.9 Å². The first kappa shape index (κ1) is 73.7. The molecule has 442 valence electrons. The van der Waals surface area contributed by atoms with Crippen LogP contribution in [0.25, 0.3) is 0 Å². The smallest absolute Gasteiger partial charge is 0.306 e. The number of aliphatic carboxylic acids is 1. The summed E-state index contributed by atoms with van der Waals surface area (Å²) in [6.07, 6.45) is 85.5. The lowest BCUT2D eigenvalue weighted by Crippen LogP contribution is -2.44. The molecule has 0 aliphatic heterocycles. The maximum Gasteiger partial charge on any atom is 0.306 e. The second-order valence-electron chi connectivity index (χ2n) is 20.5. The van der Waals surface area contributed by atoms with Crippen LogP contribution in [0.2, 0.25) is 0 Å². The van der Waals surface area contributed by atoms with Crippen molar-refractivity contribution in [2.75, 3.05) is 47.5 Å². The van der Waals surface area contributed by atoms with Crippen molar-refractivity contribution in [1.29, 1.82) is 0 Å². The third-order valence-corrected chi connectivity index (χ3v) is 12.0. The number of unbranched alkanes of at least 4 members (excludes halogenated alkanes) is 10. The number of allylic oxidation sites excluding steroid dienone is 28. The molecule has 0 heterocycles. The van der Waals surface area contributed by atoms with Gasteiger partial charge in [0, 0.05) is 12.8 Å². The molecule has 0 fully saturated rings. The standard InChI is InChI=1S/C70H109NO8/c1-6-8-10-12-14-16-18-20-22-24-26-28-30-32-33-34-35-37-39-41-43-45-47-49-51-53-55-57-59-61-68(73)79-66(65-78-70(69(74)75)76-63-62-71(3,4)5)64-77-67(72)60-58-56-54-52-50-48-46-44-42-40-38-36-31-29-27-25-23-21-19-17-15-13-11-9-7-2/h8-11,14-17,20-23,26-29,32-33,35-38,41,43,47,49,53,55,66,70H,6-7,12-13,18-19,24-25,30-31,34,39-40,42,44-46,48,50-52,54,56-65H2,1-5H3/b10-8-,11-9-,16-14-,17-15-,22-20-,23-21-,28-26-,29-27-,33-32-,37-35-,38-36-,43-41-,49-47-,55-53-. The molecule has 2 atom stereocenters. The summed E-state index contributed by atoms with van der Waals surface area (Å²) in [4.78, 5) is 37.3. The van der Waals surface area contributed by atoms with Gasteiger partial charge in [-0.05, 0) is 122 Å². The molecule has 0 bridgehead atoms. The molecule has 0 aliphatic rings. The number of rotatable bonds is 53. The fraction of sp³-hybridized carbons (Fsp3) is 0.557. The lowest BCUT2D eigenvalue weighted by molar-refractivity contribution is -0.870. The van der Waals surface area contributed by atoms with E-state index >= 15 is 0 Å². The Hall–Kier alpha value is -5.35. The highest BCUT2D eigenvalue weighted by Crippen LogP contribution is 2.13. The van der Waals surface area contributed by atoms with Crippen molar-refractivity contribution in [3.05, 3.63) is 170 Å². The van der Waals surface area contributed by atoms with Crippen molar-refractivity contribution in [3.8, 4) is 0 Å². The van der Waals surface area contributed by atoms with E-state index in [0.717, 1.165) is 116 Å². The third kappa shape index (κ3) is 60.1. The summed E-state index contributed by atoms with van der Waals surface area (Å²) in [6.45, 7) is 4.41. The Morgan fingerprint density at radius 1 is 0.380 bits per heavy atom. The predicted molar refractivity (Wildman–Crippen MR) is 333 cm³/mol. The van der Waals surface area contributed by atoms with Crippen LogP contribution in [0.5, 0.6) is 0 Å². The van der Waals surface area contributed by atoms with Crippen LogP contribution in [-0.2, 0) is 33.3 Å². The average molecular weight is 1090 g/mol. The highest BCUT2D eigenvalue weighted by atomic mass is 16.7. The Morgan fingerprint density at radius 3 is 1.05 bits per heavy atom. The Bertz CT molecular complexity index is 1900. The molecule has 0 aromatic carbocycles. The number of carboxylic acids is 1. The number of hydrogen-bond donors (Lipinski definition) is 0. The molecule has 0 saturated heterocycles. The van der Waals surface area contributed by atoms with Gasteiger partial charge in [0.05, 0.1) is 40.3 Å². The van der Waals surface area contributed by atoms with Gasteiger partial charge < -0.3 is 33.3 Å². The van der Waals surface area contributed by atoms with Crippen LogP contribution < -0.4 is 5.11 Å². The van der Waals surface area contributed by atoms with Crippen molar-refractivity contribution >= 4 is 17.9 Å². The van der Waals surface area contributed by atoms with E-state index in [4.69, 9.17) is 18.9 Å². The van der Waals surface area contributed by atoms with Crippen LogP contribution in [0.4, 0.5) is 0 Å². The largest absolute Gasteiger partial charge is 0.545 e. The summed E-state index contributed by atoms with van der Waals surface area (Å²) >= 11 is 0. The second-order valence-corrected chi connectivity index (χ2v) is 20.5. The number of carbonyl (C=O) groups excluding carboxylic acids is 3. The average Bonchev–Trinajstić information content (AvgIpc) is 3.42. The van der Waals surface area contributed by atoms with Crippen LogP contribution in [-0.4, -0.2) is 82.3 Å². The Kier molecular flexibility index (Phi) is 54.8. The van der Waals surface area contributed by atoms with Crippen LogP contribution in [0, 0.1) is 0 Å². The number of esters is 2. The lowest BCUT2D eigenvalue weighted by Gasteiger charge is -2.26. The van der Waals surface area contributed by atoms with Gasteiger partial charge in [-0.1, -0.05) is 229 Å². The molecule has 0 rings (SSSR count). The van der Waals surface area contributed by atoms with Crippen LogP contribution in [0.15, 0.2) is 170 Å². The summed E-state index contributed by atoms with van der Waals surface area (Å²) in [6, 6.07) is 0. The molecular formula is C70H109NO8. The van der Waals surface area contributed by atoms with E-state index in [1.807, 2.05) is 27.2 Å². The summed E-state index contributed by atoms with van der Waals surface area (Å²) in [5.41, 5.74) is 0. The molecule has 0 spiro atoms. The molecular weight excluding hydrogens is 983 g/mol. The zero-order valence-electron chi connectivity index (χ0n) is 50.2. The number of hydrogen-bond acceptors (Lipinski definition) is 8. The van der Waals surface area contributed by atoms with Crippen molar-refractivity contribution < 1.29 is 42.9 Å². The van der Waals surface area contributed by atoms with Crippen molar-refractivity contribution in [2.45, 2.75) is 206 Å². The highest BCUT2D eigenvalue weighted by Gasteiger charge is 2.21. The number of carbonyl (C=O) groups is 3. The molecule has 0 aromatic rings. The fourth-order valence-electron chi connectivity index (χ4n) is 7.39. The number of carboxylic acid groups (broad SMARTS) is 1. The van der Waals surface area contributed by atoms with Crippen LogP contribution >= 0.6 is 0 Å². The quantitative estimate of drug-likeness (QED) is 0.0195. The van der Waals surface area contributed by atoms with Crippen LogP contribution in [0.1, 0.15) is 194 Å². The topological polar surface area (TPSA) is 111 Å². The second kappa shape index (κ2) is 58.8. The molecule has 79 heavy (non-hydrogen) atoms. The number of likely N-dealkylation sites (N-methyl/N-ethyl adjacent to an activating group) is 1. The SMILES string of the molecule is CC/C=C\C/C=C\C/C=C\C/C=C\C/C=C\C/C=C\C/C=C\C/C=C\C/C=C\CCCC(=O)OC(COC(=O)CCCCCCCCCCC/C=C\C/C=C\C/C=C\C/C=C\C/C=C\CC)COC(OCC[N+](C)(C)C)C(=O)[O-]. The van der Waals surface area contributed by atoms with E-state index in [1.54, 1.807) is 0 Å². The van der Waals surface area contributed by atoms with Crippen molar-refractivity contribution in [3.63, 3.8) is 0 Å². The molecule has 0 aromatic heterocycles. The van der Waals surface area contributed by atoms with E-state index in [9.17, 15) is 19.5 Å². The minimum Gasteiger partial charge on any atom is -0.545 e. The summed E-state index contributed by atoms with van der Waals surface area (Å²) in [5, 5.41) is 11.8. The van der Waals surface area contributed by atoms with Gasteiger partial charge in [-0.2, -0.15) is 0 Å². The lowest BCUT2D eigenvalue weighted by atomic mass is 10.1. The molecule has 9 nitrogen and oxygen atoms in total. The predicted octanol–water partition coefficient (Wildman–Crippen LogP) is 17.0. The molecule has 0 aliphatic carbocycles. The minimum atomic E-state index is -1.65. The zero-order valence-corrected chi connectivity index (χ0v) is 50.2. The molecule has 9 heteroatoms. The number of ether oxygens (including phenoxy) is 4. The van der Waals surface area contributed by atoms with Gasteiger partial charge in [0.2, 0.25) is 0 Å². The van der Waals surface area contributed by atoms with E-state index in [1.165, 1.54) is 32.1 Å². The van der Waals surface area contributed by atoms with Gasteiger partial charge in [0.25, 0.3) is 0 Å².